The maximum Gasteiger partial charge on any atom is 0.253 e. The maximum absolute atomic E-state index is 12.5. The lowest BCUT2D eigenvalue weighted by Gasteiger charge is -2.17. The summed E-state index contributed by atoms with van der Waals surface area (Å²) in [5, 5.41) is 4.07. The molecule has 0 aliphatic rings. The molecular formula is C18H18N4O. The van der Waals surface area contributed by atoms with E-state index in [4.69, 9.17) is 0 Å². The minimum atomic E-state index is -0.00397. The van der Waals surface area contributed by atoms with Crippen molar-refractivity contribution in [1.82, 2.24) is 19.7 Å². The Labute approximate surface area is 135 Å². The van der Waals surface area contributed by atoms with Crippen LogP contribution in [0.2, 0.25) is 0 Å². The zero-order chi connectivity index (χ0) is 16.2. The zero-order valence-electron chi connectivity index (χ0n) is 13.2. The van der Waals surface area contributed by atoms with Crippen LogP contribution in [0.1, 0.15) is 21.5 Å². The third-order valence-corrected chi connectivity index (χ3v) is 3.68. The third kappa shape index (κ3) is 3.45. The molecule has 0 unspecified atom stereocenters. The van der Waals surface area contributed by atoms with Crippen LogP contribution < -0.4 is 0 Å². The van der Waals surface area contributed by atoms with Crippen molar-refractivity contribution < 1.29 is 4.79 Å². The molecule has 3 rings (SSSR count). The van der Waals surface area contributed by atoms with Gasteiger partial charge in [0.25, 0.3) is 5.91 Å². The second-order valence-corrected chi connectivity index (χ2v) is 5.53. The molecule has 5 nitrogen and oxygen atoms in total. The first-order chi connectivity index (χ1) is 11.1. The summed E-state index contributed by atoms with van der Waals surface area (Å²) in [6, 6.07) is 15.6. The Kier molecular flexibility index (Phi) is 4.19. The highest BCUT2D eigenvalue weighted by Crippen LogP contribution is 2.12. The van der Waals surface area contributed by atoms with E-state index in [0.717, 1.165) is 11.3 Å². The molecule has 0 fully saturated rings. The lowest BCUT2D eigenvalue weighted by atomic mass is 10.1. The van der Waals surface area contributed by atoms with Gasteiger partial charge < -0.3 is 4.90 Å². The SMILES string of the molecule is Cc1ccc(CN(C)C(=O)c2ccc(-n3cncn3)cc2)cc1. The van der Waals surface area contributed by atoms with Crippen molar-refractivity contribution in [3.05, 3.63) is 77.9 Å². The quantitative estimate of drug-likeness (QED) is 0.745. The summed E-state index contributed by atoms with van der Waals surface area (Å²) < 4.78 is 1.66. The molecule has 0 saturated carbocycles. The van der Waals surface area contributed by atoms with Gasteiger partial charge in [-0.25, -0.2) is 9.67 Å². The van der Waals surface area contributed by atoms with E-state index in [-0.39, 0.29) is 5.91 Å². The topological polar surface area (TPSA) is 51.0 Å². The number of amides is 1. The van der Waals surface area contributed by atoms with Gasteiger partial charge in [-0.2, -0.15) is 5.10 Å². The van der Waals surface area contributed by atoms with Gasteiger partial charge in [0.15, 0.2) is 0 Å². The second kappa shape index (κ2) is 6.44. The van der Waals surface area contributed by atoms with Crippen LogP contribution in [0.25, 0.3) is 5.69 Å². The van der Waals surface area contributed by atoms with Crippen molar-refractivity contribution in [2.24, 2.45) is 0 Å². The fourth-order valence-electron chi connectivity index (χ4n) is 2.36. The van der Waals surface area contributed by atoms with Gasteiger partial charge in [-0.3, -0.25) is 4.79 Å². The van der Waals surface area contributed by atoms with Crippen LogP contribution >= 0.6 is 0 Å². The molecule has 116 valence electrons. The van der Waals surface area contributed by atoms with Gasteiger partial charge in [0.05, 0.1) is 5.69 Å². The lowest BCUT2D eigenvalue weighted by molar-refractivity contribution is 0.0785. The Hall–Kier alpha value is -2.95. The first kappa shape index (κ1) is 15.0. The van der Waals surface area contributed by atoms with Crippen molar-refractivity contribution in [1.29, 1.82) is 0 Å². The van der Waals surface area contributed by atoms with E-state index in [1.807, 2.05) is 43.4 Å². The fourth-order valence-corrected chi connectivity index (χ4v) is 2.36. The smallest absolute Gasteiger partial charge is 0.253 e. The number of hydrogen-bond donors (Lipinski definition) is 0. The van der Waals surface area contributed by atoms with Gasteiger partial charge in [-0.15, -0.1) is 0 Å². The molecule has 1 heterocycles. The predicted molar refractivity (Wildman–Crippen MR) is 88.3 cm³/mol. The second-order valence-electron chi connectivity index (χ2n) is 5.53. The van der Waals surface area contributed by atoms with Crippen LogP contribution in [0.4, 0.5) is 0 Å². The predicted octanol–water partition coefficient (Wildman–Crippen LogP) is 2.85. The first-order valence-electron chi connectivity index (χ1n) is 7.39. The Morgan fingerprint density at radius 1 is 1.09 bits per heavy atom. The molecule has 2 aromatic carbocycles. The van der Waals surface area contributed by atoms with E-state index < -0.39 is 0 Å². The summed E-state index contributed by atoms with van der Waals surface area (Å²) in [5.74, 6) is -0.00397. The summed E-state index contributed by atoms with van der Waals surface area (Å²) in [5.41, 5.74) is 3.86. The summed E-state index contributed by atoms with van der Waals surface area (Å²) in [6.07, 6.45) is 3.11. The number of aryl methyl sites for hydroxylation is 1. The molecule has 5 heteroatoms. The normalized spacial score (nSPS) is 10.5. The van der Waals surface area contributed by atoms with Crippen molar-refractivity contribution in [2.75, 3.05) is 7.05 Å². The van der Waals surface area contributed by atoms with Crippen molar-refractivity contribution >= 4 is 5.91 Å². The zero-order valence-corrected chi connectivity index (χ0v) is 13.2. The van der Waals surface area contributed by atoms with Crippen LogP contribution in [0.15, 0.2) is 61.2 Å². The third-order valence-electron chi connectivity index (χ3n) is 3.68. The number of rotatable bonds is 4. The molecule has 0 atom stereocenters. The number of hydrogen-bond acceptors (Lipinski definition) is 3. The van der Waals surface area contributed by atoms with Gasteiger partial charge in [0, 0.05) is 19.2 Å². The first-order valence-corrected chi connectivity index (χ1v) is 7.39. The summed E-state index contributed by atoms with van der Waals surface area (Å²) >= 11 is 0. The summed E-state index contributed by atoms with van der Waals surface area (Å²) in [7, 11) is 1.81. The molecule has 0 saturated heterocycles. The highest BCUT2D eigenvalue weighted by atomic mass is 16.2. The number of aromatic nitrogens is 3. The minimum absolute atomic E-state index is 0.00397. The standard InChI is InChI=1S/C18H18N4O/c1-14-3-5-15(6-4-14)11-21(2)18(23)16-7-9-17(10-8-16)22-13-19-12-20-22/h3-10,12-13H,11H2,1-2H3. The van der Waals surface area contributed by atoms with E-state index in [2.05, 4.69) is 29.1 Å². The average Bonchev–Trinajstić information content (AvgIpc) is 3.11. The molecule has 1 amide bonds. The monoisotopic (exact) mass is 306 g/mol. The largest absolute Gasteiger partial charge is 0.337 e. The van der Waals surface area contributed by atoms with Crippen LogP contribution in [-0.4, -0.2) is 32.6 Å². The summed E-state index contributed by atoms with van der Waals surface area (Å²) in [4.78, 5) is 18.1. The average molecular weight is 306 g/mol. The number of benzene rings is 2. The fraction of sp³-hybridized carbons (Fsp3) is 0.167. The molecule has 0 radical (unpaired) electrons. The Bertz CT molecular complexity index is 777. The Balaban J connectivity index is 1.70. The Morgan fingerprint density at radius 2 is 1.78 bits per heavy atom. The molecular weight excluding hydrogens is 288 g/mol. The molecule has 3 aromatic rings. The van der Waals surface area contributed by atoms with Gasteiger partial charge in [0.1, 0.15) is 12.7 Å². The number of carbonyl (C=O) groups excluding carboxylic acids is 1. The number of nitrogens with zero attached hydrogens (tertiary/aromatic N) is 4. The van der Waals surface area contributed by atoms with Crippen LogP contribution in [0.3, 0.4) is 0 Å². The molecule has 23 heavy (non-hydrogen) atoms. The number of carbonyl (C=O) groups is 1. The molecule has 0 aliphatic carbocycles. The maximum atomic E-state index is 12.5. The van der Waals surface area contributed by atoms with Crippen molar-refractivity contribution in [3.8, 4) is 5.69 Å². The minimum Gasteiger partial charge on any atom is -0.337 e. The highest BCUT2D eigenvalue weighted by Gasteiger charge is 2.12. The molecule has 0 N–H and O–H groups in total. The van der Waals surface area contributed by atoms with Crippen LogP contribution in [0, 0.1) is 6.92 Å². The van der Waals surface area contributed by atoms with Gasteiger partial charge in [-0.1, -0.05) is 29.8 Å². The highest BCUT2D eigenvalue weighted by molar-refractivity contribution is 5.94. The van der Waals surface area contributed by atoms with E-state index in [9.17, 15) is 4.79 Å². The lowest BCUT2D eigenvalue weighted by Crippen LogP contribution is -2.26. The molecule has 1 aromatic heterocycles. The van der Waals surface area contributed by atoms with Crippen LogP contribution in [-0.2, 0) is 6.54 Å². The van der Waals surface area contributed by atoms with E-state index >= 15 is 0 Å². The van der Waals surface area contributed by atoms with Crippen LogP contribution in [0.5, 0.6) is 0 Å². The molecule has 0 spiro atoms. The molecule has 0 bridgehead atoms. The van der Waals surface area contributed by atoms with Crippen molar-refractivity contribution in [3.63, 3.8) is 0 Å². The van der Waals surface area contributed by atoms with E-state index in [1.54, 1.807) is 15.9 Å². The van der Waals surface area contributed by atoms with Gasteiger partial charge >= 0.3 is 0 Å². The van der Waals surface area contributed by atoms with Gasteiger partial charge in [0.2, 0.25) is 0 Å². The summed E-state index contributed by atoms with van der Waals surface area (Å²) in [6.45, 7) is 2.64. The van der Waals surface area contributed by atoms with E-state index in [1.165, 1.54) is 11.9 Å². The Morgan fingerprint density at radius 3 is 2.39 bits per heavy atom. The van der Waals surface area contributed by atoms with Gasteiger partial charge in [-0.05, 0) is 36.8 Å². The van der Waals surface area contributed by atoms with Crippen molar-refractivity contribution in [2.45, 2.75) is 13.5 Å². The van der Waals surface area contributed by atoms with E-state index in [0.29, 0.717) is 12.1 Å². The molecule has 0 aliphatic heterocycles.